The van der Waals surface area contributed by atoms with E-state index in [2.05, 4.69) is 29.7 Å². The van der Waals surface area contributed by atoms with Crippen LogP contribution in [-0.2, 0) is 6.54 Å². The van der Waals surface area contributed by atoms with Crippen LogP contribution >= 0.6 is 35.3 Å². The SMILES string of the molecule is Cc1nc(C)c(CN=C(N)N2CCN(c3ncccn3)CC2)s1.I. The number of halogens is 1. The van der Waals surface area contributed by atoms with Crippen molar-refractivity contribution in [3.05, 3.63) is 34.0 Å². The Morgan fingerprint density at radius 1 is 1.21 bits per heavy atom. The van der Waals surface area contributed by atoms with Gasteiger partial charge in [-0.15, -0.1) is 35.3 Å². The topological polar surface area (TPSA) is 83.5 Å². The van der Waals surface area contributed by atoms with Crippen molar-refractivity contribution in [2.24, 2.45) is 10.7 Å². The fourth-order valence-electron chi connectivity index (χ4n) is 2.56. The van der Waals surface area contributed by atoms with E-state index < -0.39 is 0 Å². The highest BCUT2D eigenvalue weighted by Gasteiger charge is 2.19. The lowest BCUT2D eigenvalue weighted by atomic mass is 10.3. The Bertz CT molecular complexity index is 680. The number of aryl methyl sites for hydroxylation is 2. The molecule has 130 valence electrons. The van der Waals surface area contributed by atoms with Gasteiger partial charge in [0.05, 0.1) is 17.2 Å². The Morgan fingerprint density at radius 2 is 1.88 bits per heavy atom. The molecule has 7 nitrogen and oxygen atoms in total. The Kier molecular flexibility index (Phi) is 6.72. The molecule has 1 fully saturated rings. The Labute approximate surface area is 163 Å². The van der Waals surface area contributed by atoms with Crippen molar-refractivity contribution < 1.29 is 0 Å². The summed E-state index contributed by atoms with van der Waals surface area (Å²) in [6.45, 7) is 7.98. The number of hydrogen-bond acceptors (Lipinski definition) is 6. The summed E-state index contributed by atoms with van der Waals surface area (Å²) in [5.74, 6) is 1.38. The summed E-state index contributed by atoms with van der Waals surface area (Å²) in [7, 11) is 0. The first kappa shape index (κ1) is 18.8. The third-order valence-electron chi connectivity index (χ3n) is 3.82. The van der Waals surface area contributed by atoms with E-state index in [0.717, 1.165) is 42.8 Å². The highest BCUT2D eigenvalue weighted by Crippen LogP contribution is 2.18. The van der Waals surface area contributed by atoms with Crippen LogP contribution in [-0.4, -0.2) is 52.0 Å². The molecular weight excluding hydrogens is 437 g/mol. The van der Waals surface area contributed by atoms with Gasteiger partial charge in [-0.3, -0.25) is 0 Å². The number of hydrogen-bond donors (Lipinski definition) is 1. The summed E-state index contributed by atoms with van der Waals surface area (Å²) in [6, 6.07) is 1.83. The fourth-order valence-corrected chi connectivity index (χ4v) is 3.42. The molecule has 3 rings (SSSR count). The van der Waals surface area contributed by atoms with E-state index in [-0.39, 0.29) is 24.0 Å². The van der Waals surface area contributed by atoms with Crippen molar-refractivity contribution in [2.75, 3.05) is 31.1 Å². The van der Waals surface area contributed by atoms with Crippen molar-refractivity contribution in [1.29, 1.82) is 0 Å². The van der Waals surface area contributed by atoms with Gasteiger partial charge in [0.25, 0.3) is 0 Å². The van der Waals surface area contributed by atoms with E-state index >= 15 is 0 Å². The summed E-state index contributed by atoms with van der Waals surface area (Å²) >= 11 is 1.68. The molecule has 0 spiro atoms. The molecule has 0 atom stereocenters. The lowest BCUT2D eigenvalue weighted by Gasteiger charge is -2.35. The minimum absolute atomic E-state index is 0. The van der Waals surface area contributed by atoms with Crippen LogP contribution in [0.3, 0.4) is 0 Å². The summed E-state index contributed by atoms with van der Waals surface area (Å²) < 4.78 is 0. The van der Waals surface area contributed by atoms with Crippen molar-refractivity contribution >= 4 is 47.2 Å². The van der Waals surface area contributed by atoms with Crippen LogP contribution in [0, 0.1) is 13.8 Å². The van der Waals surface area contributed by atoms with Crippen molar-refractivity contribution in [3.8, 4) is 0 Å². The molecule has 0 amide bonds. The van der Waals surface area contributed by atoms with Crippen molar-refractivity contribution in [3.63, 3.8) is 0 Å². The van der Waals surface area contributed by atoms with Gasteiger partial charge in [0.1, 0.15) is 0 Å². The first-order valence-corrected chi connectivity index (χ1v) is 8.45. The zero-order valence-electron chi connectivity index (χ0n) is 13.8. The second kappa shape index (κ2) is 8.56. The monoisotopic (exact) mass is 459 g/mol. The smallest absolute Gasteiger partial charge is 0.225 e. The van der Waals surface area contributed by atoms with Crippen LogP contribution in [0.2, 0.25) is 0 Å². The zero-order chi connectivity index (χ0) is 16.2. The van der Waals surface area contributed by atoms with E-state index in [9.17, 15) is 0 Å². The second-order valence-corrected chi connectivity index (χ2v) is 6.73. The average molecular weight is 459 g/mol. The molecule has 9 heteroatoms. The number of aliphatic imine (C=N–C) groups is 1. The van der Waals surface area contributed by atoms with Gasteiger partial charge in [0, 0.05) is 43.4 Å². The number of nitrogens with zero attached hydrogens (tertiary/aromatic N) is 6. The van der Waals surface area contributed by atoms with E-state index in [0.29, 0.717) is 12.5 Å². The summed E-state index contributed by atoms with van der Waals surface area (Å²) in [6.07, 6.45) is 3.54. The zero-order valence-corrected chi connectivity index (χ0v) is 17.0. The van der Waals surface area contributed by atoms with Crippen LogP contribution in [0.5, 0.6) is 0 Å². The minimum atomic E-state index is 0. The molecule has 0 radical (unpaired) electrons. The number of thiazole rings is 1. The molecular formula is C15H22IN7S. The highest BCUT2D eigenvalue weighted by atomic mass is 127. The van der Waals surface area contributed by atoms with Crippen molar-refractivity contribution in [1.82, 2.24) is 19.9 Å². The van der Waals surface area contributed by atoms with Crippen LogP contribution in [0.4, 0.5) is 5.95 Å². The molecule has 0 unspecified atom stereocenters. The van der Waals surface area contributed by atoms with Gasteiger partial charge in [-0.1, -0.05) is 0 Å². The quantitative estimate of drug-likeness (QED) is 0.428. The molecule has 2 aromatic rings. The van der Waals surface area contributed by atoms with Gasteiger partial charge in [-0.25, -0.2) is 19.9 Å². The Hall–Kier alpha value is -1.49. The molecule has 2 N–H and O–H groups in total. The molecule has 0 bridgehead atoms. The van der Waals surface area contributed by atoms with Gasteiger partial charge in [0.15, 0.2) is 5.96 Å². The minimum Gasteiger partial charge on any atom is -0.370 e. The third kappa shape index (κ3) is 4.53. The van der Waals surface area contributed by atoms with Gasteiger partial charge < -0.3 is 15.5 Å². The van der Waals surface area contributed by atoms with Gasteiger partial charge in [-0.05, 0) is 19.9 Å². The average Bonchev–Trinajstić information content (AvgIpc) is 2.91. The largest absolute Gasteiger partial charge is 0.370 e. The molecule has 0 aromatic carbocycles. The number of rotatable bonds is 3. The maximum atomic E-state index is 6.15. The van der Waals surface area contributed by atoms with Crippen molar-refractivity contribution in [2.45, 2.75) is 20.4 Å². The number of anilines is 1. The van der Waals surface area contributed by atoms with Crippen LogP contribution in [0.25, 0.3) is 0 Å². The summed E-state index contributed by atoms with van der Waals surface area (Å²) in [5.41, 5.74) is 7.20. The predicted octanol–water partition coefficient (Wildman–Crippen LogP) is 1.80. The maximum absolute atomic E-state index is 6.15. The predicted molar refractivity (Wildman–Crippen MR) is 108 cm³/mol. The molecule has 0 saturated carbocycles. The molecule has 1 aliphatic rings. The molecule has 1 saturated heterocycles. The van der Waals surface area contributed by atoms with Gasteiger partial charge >= 0.3 is 0 Å². The third-order valence-corrected chi connectivity index (χ3v) is 4.88. The Morgan fingerprint density at radius 3 is 2.46 bits per heavy atom. The fraction of sp³-hybridized carbons (Fsp3) is 0.467. The molecule has 0 aliphatic carbocycles. The van der Waals surface area contributed by atoms with Crippen LogP contribution in [0.15, 0.2) is 23.5 Å². The molecule has 3 heterocycles. The number of piperazine rings is 1. The van der Waals surface area contributed by atoms with E-state index in [1.165, 1.54) is 4.88 Å². The Balaban J connectivity index is 0.00000208. The first-order chi connectivity index (χ1) is 11.1. The normalized spacial score (nSPS) is 15.3. The number of aromatic nitrogens is 3. The van der Waals surface area contributed by atoms with E-state index in [1.54, 1.807) is 23.7 Å². The summed E-state index contributed by atoms with van der Waals surface area (Å²) in [5, 5.41) is 1.07. The van der Waals surface area contributed by atoms with E-state index in [1.807, 2.05) is 19.9 Å². The number of nitrogens with two attached hydrogens (primary N) is 1. The van der Waals surface area contributed by atoms with Crippen LogP contribution in [0.1, 0.15) is 15.6 Å². The lowest BCUT2D eigenvalue weighted by Crippen LogP contribution is -2.51. The second-order valence-electron chi connectivity index (χ2n) is 5.44. The lowest BCUT2D eigenvalue weighted by molar-refractivity contribution is 0.378. The number of guanidine groups is 1. The van der Waals surface area contributed by atoms with E-state index in [4.69, 9.17) is 5.73 Å². The van der Waals surface area contributed by atoms with Crippen LogP contribution < -0.4 is 10.6 Å². The van der Waals surface area contributed by atoms with Gasteiger partial charge in [0.2, 0.25) is 5.95 Å². The molecule has 24 heavy (non-hydrogen) atoms. The molecule has 1 aliphatic heterocycles. The first-order valence-electron chi connectivity index (χ1n) is 7.63. The highest BCUT2D eigenvalue weighted by molar-refractivity contribution is 14.0. The van der Waals surface area contributed by atoms with Gasteiger partial charge in [-0.2, -0.15) is 0 Å². The standard InChI is InChI=1S/C15H21N7S.HI/c1-11-13(23-12(2)20-11)10-19-14(16)21-6-8-22(9-7-21)15-17-4-3-5-18-15;/h3-5H,6-10H2,1-2H3,(H2,16,19);1H. The molecule has 2 aromatic heterocycles. The summed E-state index contributed by atoms with van der Waals surface area (Å²) in [4.78, 5) is 23.0. The maximum Gasteiger partial charge on any atom is 0.225 e.